The van der Waals surface area contributed by atoms with Crippen LogP contribution in [-0.4, -0.2) is 21.0 Å². The van der Waals surface area contributed by atoms with Gasteiger partial charge in [-0.3, -0.25) is 4.79 Å². The average Bonchev–Trinajstić information content (AvgIpc) is 2.15. The number of nitrogens with zero attached hydrogens (tertiary/aromatic N) is 2. The van der Waals surface area contributed by atoms with Crippen molar-refractivity contribution in [3.8, 4) is 0 Å². The maximum absolute atomic E-state index is 10.7. The molecule has 2 rings (SSSR count). The third kappa shape index (κ3) is 2.08. The van der Waals surface area contributed by atoms with E-state index in [1.165, 1.54) is 0 Å². The van der Waals surface area contributed by atoms with Crippen LogP contribution in [0.5, 0.6) is 0 Å². The molecule has 82 valence electrons. The fraction of sp³-hybridized carbons (Fsp3) is 0.100. The Morgan fingerprint density at radius 3 is 2.75 bits per heavy atom. The number of benzene rings is 1. The number of aliphatic carboxylic acids is 1. The maximum atomic E-state index is 10.7. The predicted molar refractivity (Wildman–Crippen MR) is 60.9 cm³/mol. The molecule has 0 atom stereocenters. The molecule has 1 N–H and O–H groups in total. The molecule has 1 heterocycles. The molecule has 1 aromatic heterocycles. The number of halogens is 2. The normalized spacial score (nSPS) is 10.6. The highest BCUT2D eigenvalue weighted by atomic mass is 35.5. The van der Waals surface area contributed by atoms with Gasteiger partial charge in [0.05, 0.1) is 22.7 Å². The summed E-state index contributed by atoms with van der Waals surface area (Å²) in [6.07, 6.45) is -0.234. The molecular formula is C10H6Cl2N2O2. The van der Waals surface area contributed by atoms with Crippen LogP contribution in [0.25, 0.3) is 10.9 Å². The van der Waals surface area contributed by atoms with Crippen LogP contribution >= 0.6 is 23.2 Å². The molecule has 0 amide bonds. The van der Waals surface area contributed by atoms with Gasteiger partial charge in [-0.15, -0.1) is 0 Å². The minimum Gasteiger partial charge on any atom is -0.481 e. The molecule has 4 nitrogen and oxygen atoms in total. The first-order valence-corrected chi connectivity index (χ1v) is 5.16. The maximum Gasteiger partial charge on any atom is 0.309 e. The Balaban J connectivity index is 2.74. The van der Waals surface area contributed by atoms with Crippen molar-refractivity contribution >= 4 is 40.1 Å². The summed E-state index contributed by atoms with van der Waals surface area (Å²) in [5.41, 5.74) is 0.872. The minimum absolute atomic E-state index is 0.0195. The van der Waals surface area contributed by atoms with Crippen molar-refractivity contribution in [2.45, 2.75) is 6.42 Å². The van der Waals surface area contributed by atoms with Gasteiger partial charge in [-0.05, 0) is 23.7 Å². The fourth-order valence-electron chi connectivity index (χ4n) is 1.45. The van der Waals surface area contributed by atoms with Crippen molar-refractivity contribution in [1.82, 2.24) is 9.97 Å². The first-order valence-electron chi connectivity index (χ1n) is 4.40. The number of carboxylic acids is 1. The van der Waals surface area contributed by atoms with E-state index in [0.717, 1.165) is 0 Å². The van der Waals surface area contributed by atoms with Crippen molar-refractivity contribution in [2.75, 3.05) is 0 Å². The number of carbonyl (C=O) groups is 1. The second-order valence-electron chi connectivity index (χ2n) is 3.14. The second-order valence-corrected chi connectivity index (χ2v) is 3.89. The van der Waals surface area contributed by atoms with Gasteiger partial charge in [0.2, 0.25) is 5.28 Å². The van der Waals surface area contributed by atoms with Crippen LogP contribution < -0.4 is 0 Å². The Bertz CT molecular complexity index is 572. The van der Waals surface area contributed by atoms with E-state index in [2.05, 4.69) is 9.97 Å². The molecule has 2 aromatic rings. The van der Waals surface area contributed by atoms with Gasteiger partial charge in [0.25, 0.3) is 0 Å². The van der Waals surface area contributed by atoms with E-state index in [0.29, 0.717) is 21.6 Å². The van der Waals surface area contributed by atoms with Crippen molar-refractivity contribution in [2.24, 2.45) is 0 Å². The molecule has 0 fully saturated rings. The highest BCUT2D eigenvalue weighted by Crippen LogP contribution is 2.26. The van der Waals surface area contributed by atoms with Crippen LogP contribution in [0.3, 0.4) is 0 Å². The number of fused-ring (bicyclic) bond motifs is 1. The highest BCUT2D eigenvalue weighted by molar-refractivity contribution is 6.36. The van der Waals surface area contributed by atoms with Gasteiger partial charge in [0.1, 0.15) is 0 Å². The summed E-state index contributed by atoms with van der Waals surface area (Å²) in [6.45, 7) is 0. The van der Waals surface area contributed by atoms with Crippen LogP contribution in [0, 0.1) is 0 Å². The molecule has 0 saturated heterocycles. The average molecular weight is 257 g/mol. The highest BCUT2D eigenvalue weighted by Gasteiger charge is 2.12. The Labute approximate surface area is 101 Å². The van der Waals surface area contributed by atoms with Crippen molar-refractivity contribution < 1.29 is 9.90 Å². The van der Waals surface area contributed by atoms with Crippen LogP contribution in [0.1, 0.15) is 5.69 Å². The molecular weight excluding hydrogens is 251 g/mol. The zero-order valence-electron chi connectivity index (χ0n) is 7.94. The lowest BCUT2D eigenvalue weighted by molar-refractivity contribution is -0.136. The van der Waals surface area contributed by atoms with E-state index in [-0.39, 0.29) is 11.7 Å². The number of hydrogen-bond acceptors (Lipinski definition) is 3. The van der Waals surface area contributed by atoms with E-state index >= 15 is 0 Å². The summed E-state index contributed by atoms with van der Waals surface area (Å²) in [4.78, 5) is 18.6. The Morgan fingerprint density at radius 2 is 2.06 bits per heavy atom. The van der Waals surface area contributed by atoms with E-state index in [9.17, 15) is 4.79 Å². The molecule has 0 unspecified atom stereocenters. The molecule has 0 bridgehead atoms. The summed E-state index contributed by atoms with van der Waals surface area (Å²) in [7, 11) is 0. The lowest BCUT2D eigenvalue weighted by Crippen LogP contribution is -2.04. The van der Waals surface area contributed by atoms with Gasteiger partial charge in [-0.2, -0.15) is 0 Å². The summed E-state index contributed by atoms with van der Waals surface area (Å²) in [5, 5.41) is 9.74. The Hall–Kier alpha value is -1.39. The second kappa shape index (κ2) is 4.23. The minimum atomic E-state index is -0.990. The summed E-state index contributed by atoms with van der Waals surface area (Å²) < 4.78 is 0. The van der Waals surface area contributed by atoms with Crippen molar-refractivity contribution in [3.05, 3.63) is 34.2 Å². The molecule has 0 aliphatic rings. The van der Waals surface area contributed by atoms with E-state index in [4.69, 9.17) is 28.3 Å². The van der Waals surface area contributed by atoms with Gasteiger partial charge >= 0.3 is 5.97 Å². The van der Waals surface area contributed by atoms with Gasteiger partial charge in [0.15, 0.2) is 0 Å². The lowest BCUT2D eigenvalue weighted by Gasteiger charge is -2.05. The molecule has 1 aromatic carbocycles. The molecule has 0 spiro atoms. The van der Waals surface area contributed by atoms with E-state index < -0.39 is 5.97 Å². The first-order chi connectivity index (χ1) is 7.58. The Kier molecular flexibility index (Phi) is 2.94. The molecule has 0 aliphatic carbocycles. The SMILES string of the molecule is O=C(O)Cc1nc(Cl)nc2cccc(Cl)c12. The summed E-state index contributed by atoms with van der Waals surface area (Å²) in [6, 6.07) is 5.09. The van der Waals surface area contributed by atoms with Gasteiger partial charge in [-0.25, -0.2) is 9.97 Å². The van der Waals surface area contributed by atoms with Gasteiger partial charge in [-0.1, -0.05) is 17.7 Å². The van der Waals surface area contributed by atoms with Crippen molar-refractivity contribution in [1.29, 1.82) is 0 Å². The fourth-order valence-corrected chi connectivity index (χ4v) is 1.93. The van der Waals surface area contributed by atoms with Crippen LogP contribution in [0.2, 0.25) is 10.3 Å². The molecule has 0 radical (unpaired) electrons. The van der Waals surface area contributed by atoms with E-state index in [1.807, 2.05) is 0 Å². The standard InChI is InChI=1S/C10H6Cl2N2O2/c11-5-2-1-3-6-9(5)7(4-8(15)16)14-10(12)13-6/h1-3H,4H2,(H,15,16). The van der Waals surface area contributed by atoms with Gasteiger partial charge in [0, 0.05) is 5.39 Å². The van der Waals surface area contributed by atoms with E-state index in [1.54, 1.807) is 18.2 Å². The zero-order chi connectivity index (χ0) is 11.7. The largest absolute Gasteiger partial charge is 0.481 e. The summed E-state index contributed by atoms with van der Waals surface area (Å²) >= 11 is 11.7. The van der Waals surface area contributed by atoms with Crippen LogP contribution in [0.15, 0.2) is 18.2 Å². The molecule has 6 heteroatoms. The Morgan fingerprint density at radius 1 is 1.31 bits per heavy atom. The third-order valence-electron chi connectivity index (χ3n) is 2.04. The number of hydrogen-bond donors (Lipinski definition) is 1. The molecule has 0 saturated carbocycles. The monoisotopic (exact) mass is 256 g/mol. The third-order valence-corrected chi connectivity index (χ3v) is 2.52. The zero-order valence-corrected chi connectivity index (χ0v) is 9.46. The van der Waals surface area contributed by atoms with Crippen LogP contribution in [-0.2, 0) is 11.2 Å². The number of carboxylic acid groups (broad SMARTS) is 1. The van der Waals surface area contributed by atoms with Crippen LogP contribution in [0.4, 0.5) is 0 Å². The number of aromatic nitrogens is 2. The number of rotatable bonds is 2. The predicted octanol–water partition coefficient (Wildman–Crippen LogP) is 2.56. The molecule has 0 aliphatic heterocycles. The summed E-state index contributed by atoms with van der Waals surface area (Å²) in [5.74, 6) is -0.990. The smallest absolute Gasteiger partial charge is 0.309 e. The quantitative estimate of drug-likeness (QED) is 0.840. The van der Waals surface area contributed by atoms with Crippen molar-refractivity contribution in [3.63, 3.8) is 0 Å². The lowest BCUT2D eigenvalue weighted by atomic mass is 10.1. The van der Waals surface area contributed by atoms with Gasteiger partial charge < -0.3 is 5.11 Å². The molecule has 16 heavy (non-hydrogen) atoms. The topological polar surface area (TPSA) is 63.1 Å². The first kappa shape index (κ1) is 11.1.